The molecule has 0 aliphatic carbocycles. The number of nitrogens with one attached hydrogen (secondary N) is 1. The third-order valence-corrected chi connectivity index (χ3v) is 4.54. The zero-order valence-corrected chi connectivity index (χ0v) is 18.9. The molecule has 0 unspecified atom stereocenters. The predicted octanol–water partition coefficient (Wildman–Crippen LogP) is 5.78. The number of carbonyl (C=O) groups excluding carboxylic acids is 2. The van der Waals surface area contributed by atoms with E-state index in [1.54, 1.807) is 56.1 Å². The van der Waals surface area contributed by atoms with E-state index in [1.807, 2.05) is 19.9 Å². The average molecular weight is 413 g/mol. The zero-order chi connectivity index (χ0) is 22.4. The van der Waals surface area contributed by atoms with Gasteiger partial charge in [0.25, 0.3) is 5.91 Å². The molecule has 2 amide bonds. The molecule has 2 rings (SSSR count). The van der Waals surface area contributed by atoms with Crippen molar-refractivity contribution in [1.82, 2.24) is 4.90 Å². The molecule has 0 saturated heterocycles. The lowest BCUT2D eigenvalue weighted by molar-refractivity contribution is 0.0776. The Bertz CT molecular complexity index is 906. The molecule has 1 N–H and O–H groups in total. The summed E-state index contributed by atoms with van der Waals surface area (Å²) in [6.07, 6.45) is -0.740. The maximum absolute atomic E-state index is 13.0. The van der Waals surface area contributed by atoms with Crippen molar-refractivity contribution in [2.45, 2.75) is 47.6 Å². The number of ether oxygens (including phenoxy) is 2. The van der Waals surface area contributed by atoms with Gasteiger partial charge in [0.2, 0.25) is 0 Å². The minimum atomic E-state index is -0.528. The molecule has 0 aliphatic rings. The van der Waals surface area contributed by atoms with E-state index in [9.17, 15) is 9.59 Å². The highest BCUT2D eigenvalue weighted by atomic mass is 16.6. The Morgan fingerprint density at radius 2 is 1.77 bits per heavy atom. The molecule has 30 heavy (non-hydrogen) atoms. The Hall–Kier alpha value is -3.02. The lowest BCUT2D eigenvalue weighted by Gasteiger charge is -2.22. The Morgan fingerprint density at radius 3 is 2.40 bits per heavy atom. The first-order chi connectivity index (χ1) is 14.1. The van der Waals surface area contributed by atoms with Crippen LogP contribution in [0, 0.1) is 19.8 Å². The molecule has 0 aromatic heterocycles. The van der Waals surface area contributed by atoms with Gasteiger partial charge >= 0.3 is 6.09 Å². The van der Waals surface area contributed by atoms with E-state index in [4.69, 9.17) is 9.47 Å². The van der Waals surface area contributed by atoms with Gasteiger partial charge in [-0.1, -0.05) is 26.0 Å². The lowest BCUT2D eigenvalue weighted by atomic mass is 10.0. The number of hydrogen-bond donors (Lipinski definition) is 1. The van der Waals surface area contributed by atoms with E-state index in [-0.39, 0.29) is 12.0 Å². The van der Waals surface area contributed by atoms with E-state index in [1.165, 1.54) is 0 Å². The standard InChI is InChI=1S/C24H32N2O4/c1-15(2)14-26(7)23(27)21-12-11-17(5)18(6)22(21)30-20-10-8-9-19(13-20)25-24(28)29-16(3)4/h8-13,15-16H,14H2,1-7H3,(H,25,28). The summed E-state index contributed by atoms with van der Waals surface area (Å²) >= 11 is 0. The summed E-state index contributed by atoms with van der Waals surface area (Å²) in [4.78, 5) is 26.6. The topological polar surface area (TPSA) is 67.9 Å². The minimum absolute atomic E-state index is 0.0865. The van der Waals surface area contributed by atoms with Crippen molar-refractivity contribution in [3.05, 3.63) is 53.1 Å². The fourth-order valence-electron chi connectivity index (χ4n) is 3.04. The molecule has 0 spiro atoms. The number of carbonyl (C=O) groups is 2. The Kier molecular flexibility index (Phi) is 7.86. The minimum Gasteiger partial charge on any atom is -0.456 e. The average Bonchev–Trinajstić information content (AvgIpc) is 2.64. The molecule has 0 atom stereocenters. The highest BCUT2D eigenvalue weighted by Gasteiger charge is 2.21. The summed E-state index contributed by atoms with van der Waals surface area (Å²) < 4.78 is 11.3. The molecule has 0 aliphatic heterocycles. The van der Waals surface area contributed by atoms with Gasteiger partial charge in [0, 0.05) is 25.3 Å². The fraction of sp³-hybridized carbons (Fsp3) is 0.417. The van der Waals surface area contributed by atoms with Gasteiger partial charge in [0.05, 0.1) is 11.7 Å². The molecule has 0 heterocycles. The molecule has 6 nitrogen and oxygen atoms in total. The number of rotatable bonds is 7. The summed E-state index contributed by atoms with van der Waals surface area (Å²) in [7, 11) is 1.80. The number of nitrogens with zero attached hydrogens (tertiary/aromatic N) is 1. The van der Waals surface area contributed by atoms with E-state index >= 15 is 0 Å². The van der Waals surface area contributed by atoms with Gasteiger partial charge in [-0.05, 0) is 62.9 Å². The van der Waals surface area contributed by atoms with Crippen LogP contribution in [0.5, 0.6) is 11.5 Å². The number of amides is 2. The second-order valence-electron chi connectivity index (χ2n) is 8.17. The van der Waals surface area contributed by atoms with Crippen molar-refractivity contribution in [3.63, 3.8) is 0 Å². The van der Waals surface area contributed by atoms with Gasteiger partial charge in [-0.15, -0.1) is 0 Å². The number of hydrogen-bond acceptors (Lipinski definition) is 4. The van der Waals surface area contributed by atoms with Gasteiger partial charge in [0.15, 0.2) is 0 Å². The van der Waals surface area contributed by atoms with Crippen molar-refractivity contribution in [1.29, 1.82) is 0 Å². The zero-order valence-electron chi connectivity index (χ0n) is 18.9. The van der Waals surface area contributed by atoms with Gasteiger partial charge in [-0.25, -0.2) is 4.79 Å². The first kappa shape index (κ1) is 23.3. The Balaban J connectivity index is 2.32. The van der Waals surface area contributed by atoms with Crippen molar-refractivity contribution in [2.24, 2.45) is 5.92 Å². The number of benzene rings is 2. The van der Waals surface area contributed by atoms with Crippen LogP contribution in [-0.2, 0) is 4.74 Å². The van der Waals surface area contributed by atoms with Crippen LogP contribution in [-0.4, -0.2) is 36.6 Å². The maximum Gasteiger partial charge on any atom is 0.411 e. The SMILES string of the molecule is Cc1ccc(C(=O)N(C)CC(C)C)c(Oc2cccc(NC(=O)OC(C)C)c2)c1C. The molecule has 2 aromatic carbocycles. The lowest BCUT2D eigenvalue weighted by Crippen LogP contribution is -2.30. The monoisotopic (exact) mass is 412 g/mol. The first-order valence-corrected chi connectivity index (χ1v) is 10.2. The van der Waals surface area contributed by atoms with Crippen LogP contribution in [0.1, 0.15) is 49.2 Å². The molecular formula is C24H32N2O4. The van der Waals surface area contributed by atoms with Crippen LogP contribution in [0.3, 0.4) is 0 Å². The maximum atomic E-state index is 13.0. The van der Waals surface area contributed by atoms with Crippen LogP contribution < -0.4 is 10.1 Å². The van der Waals surface area contributed by atoms with Crippen LogP contribution in [0.15, 0.2) is 36.4 Å². The van der Waals surface area contributed by atoms with Gasteiger partial charge in [-0.2, -0.15) is 0 Å². The van der Waals surface area contributed by atoms with E-state index in [2.05, 4.69) is 19.2 Å². The van der Waals surface area contributed by atoms with Gasteiger partial charge in [-0.3, -0.25) is 10.1 Å². The molecule has 0 saturated carbocycles. The van der Waals surface area contributed by atoms with E-state index < -0.39 is 6.09 Å². The van der Waals surface area contributed by atoms with Crippen LogP contribution in [0.25, 0.3) is 0 Å². The summed E-state index contributed by atoms with van der Waals surface area (Å²) in [6, 6.07) is 10.7. The summed E-state index contributed by atoms with van der Waals surface area (Å²) in [5, 5.41) is 2.69. The van der Waals surface area contributed by atoms with Crippen molar-refractivity contribution in [2.75, 3.05) is 18.9 Å². The van der Waals surface area contributed by atoms with E-state index in [0.29, 0.717) is 35.2 Å². The predicted molar refractivity (Wildman–Crippen MR) is 119 cm³/mol. The summed E-state index contributed by atoms with van der Waals surface area (Å²) in [5.74, 6) is 1.32. The summed E-state index contributed by atoms with van der Waals surface area (Å²) in [5.41, 5.74) is 2.99. The van der Waals surface area contributed by atoms with Crippen molar-refractivity contribution < 1.29 is 19.1 Å². The van der Waals surface area contributed by atoms with Crippen LogP contribution in [0.2, 0.25) is 0 Å². The second-order valence-corrected chi connectivity index (χ2v) is 8.17. The second kappa shape index (κ2) is 10.1. The molecule has 0 bridgehead atoms. The number of anilines is 1. The Morgan fingerprint density at radius 1 is 1.07 bits per heavy atom. The number of aryl methyl sites for hydroxylation is 1. The molecule has 0 fully saturated rings. The van der Waals surface area contributed by atoms with E-state index in [0.717, 1.165) is 11.1 Å². The molecule has 0 radical (unpaired) electrons. The van der Waals surface area contributed by atoms with Gasteiger partial charge < -0.3 is 14.4 Å². The molecule has 2 aromatic rings. The van der Waals surface area contributed by atoms with Crippen LogP contribution >= 0.6 is 0 Å². The molecule has 6 heteroatoms. The fourth-order valence-corrected chi connectivity index (χ4v) is 3.04. The third kappa shape index (κ3) is 6.24. The smallest absolute Gasteiger partial charge is 0.411 e. The van der Waals surface area contributed by atoms with Crippen molar-refractivity contribution >= 4 is 17.7 Å². The first-order valence-electron chi connectivity index (χ1n) is 10.2. The highest BCUT2D eigenvalue weighted by molar-refractivity contribution is 5.97. The van der Waals surface area contributed by atoms with Gasteiger partial charge in [0.1, 0.15) is 11.5 Å². The highest BCUT2D eigenvalue weighted by Crippen LogP contribution is 2.33. The third-order valence-electron chi connectivity index (χ3n) is 4.54. The largest absolute Gasteiger partial charge is 0.456 e. The van der Waals surface area contributed by atoms with Crippen LogP contribution in [0.4, 0.5) is 10.5 Å². The molecule has 162 valence electrons. The summed E-state index contributed by atoms with van der Waals surface area (Å²) in [6.45, 7) is 12.3. The normalized spacial score (nSPS) is 10.8. The van der Waals surface area contributed by atoms with Crippen molar-refractivity contribution in [3.8, 4) is 11.5 Å². The molecular weight excluding hydrogens is 380 g/mol. The Labute approximate surface area is 179 Å². The quantitative estimate of drug-likeness (QED) is 0.626.